The molecule has 1 aliphatic heterocycles. The van der Waals surface area contributed by atoms with Gasteiger partial charge in [0.05, 0.1) is 24.9 Å². The summed E-state index contributed by atoms with van der Waals surface area (Å²) in [5.41, 5.74) is 1.18. The molecule has 3 aromatic rings. The molecular formula is C23H22F3N3O3. The van der Waals surface area contributed by atoms with Gasteiger partial charge in [0.1, 0.15) is 11.5 Å². The van der Waals surface area contributed by atoms with Gasteiger partial charge in [0.2, 0.25) is 11.8 Å². The molecule has 1 aliphatic rings. The molecule has 168 valence electrons. The van der Waals surface area contributed by atoms with Crippen LogP contribution in [-0.4, -0.2) is 42.5 Å². The molecule has 9 heteroatoms. The summed E-state index contributed by atoms with van der Waals surface area (Å²) >= 11 is 0. The van der Waals surface area contributed by atoms with Gasteiger partial charge < -0.3 is 14.1 Å². The Morgan fingerprint density at radius 2 is 1.88 bits per heavy atom. The number of anilines is 1. The Morgan fingerprint density at radius 3 is 2.53 bits per heavy atom. The summed E-state index contributed by atoms with van der Waals surface area (Å²) in [4.78, 5) is 20.9. The maximum atomic E-state index is 12.8. The summed E-state index contributed by atoms with van der Waals surface area (Å²) in [6, 6.07) is 12.1. The maximum Gasteiger partial charge on any atom is 0.416 e. The van der Waals surface area contributed by atoms with Crippen molar-refractivity contribution in [2.45, 2.75) is 19.6 Å². The average molecular weight is 445 g/mol. The van der Waals surface area contributed by atoms with Crippen LogP contribution in [0.25, 0.3) is 11.5 Å². The molecule has 0 bridgehead atoms. The third-order valence-electron chi connectivity index (χ3n) is 5.39. The number of hydrogen-bond donors (Lipinski definition) is 0. The lowest BCUT2D eigenvalue weighted by Crippen LogP contribution is -2.50. The lowest BCUT2D eigenvalue weighted by molar-refractivity contribution is -0.137. The van der Waals surface area contributed by atoms with E-state index in [2.05, 4.69) is 4.98 Å². The molecule has 0 N–H and O–H groups in total. The van der Waals surface area contributed by atoms with E-state index in [4.69, 9.17) is 9.15 Å². The number of rotatable bonds is 5. The van der Waals surface area contributed by atoms with E-state index in [1.165, 1.54) is 12.1 Å². The molecule has 2 aromatic carbocycles. The molecule has 0 radical (unpaired) electrons. The summed E-state index contributed by atoms with van der Waals surface area (Å²) in [7, 11) is 1.58. The van der Waals surface area contributed by atoms with Crippen LogP contribution < -0.4 is 9.64 Å². The van der Waals surface area contributed by atoms with E-state index in [0.717, 1.165) is 17.8 Å². The number of nitrogens with zero attached hydrogens (tertiary/aromatic N) is 3. The molecule has 0 atom stereocenters. The number of hydrogen-bond acceptors (Lipinski definition) is 5. The molecule has 1 fully saturated rings. The van der Waals surface area contributed by atoms with Crippen molar-refractivity contribution in [1.82, 2.24) is 9.88 Å². The second-order valence-electron chi connectivity index (χ2n) is 7.55. The number of benzene rings is 2. The molecule has 0 saturated carbocycles. The SMILES string of the molecule is COc1cccc(N2CCN(Cc3nc(-c4ccc(C(F)(F)F)cc4)oc3C)CC2=O)c1. The van der Waals surface area contributed by atoms with Gasteiger partial charge in [0.15, 0.2) is 0 Å². The molecule has 0 unspecified atom stereocenters. The van der Waals surface area contributed by atoms with Gasteiger partial charge in [-0.1, -0.05) is 6.07 Å². The van der Waals surface area contributed by atoms with Crippen LogP contribution in [0.5, 0.6) is 5.75 Å². The zero-order valence-corrected chi connectivity index (χ0v) is 17.6. The van der Waals surface area contributed by atoms with Gasteiger partial charge in [0, 0.05) is 37.0 Å². The molecule has 1 saturated heterocycles. The Labute approximate surface area is 183 Å². The number of piperazine rings is 1. The number of carbonyl (C=O) groups excluding carboxylic acids is 1. The van der Waals surface area contributed by atoms with Crippen LogP contribution in [0.1, 0.15) is 17.0 Å². The highest BCUT2D eigenvalue weighted by Crippen LogP contribution is 2.31. The Balaban J connectivity index is 1.43. The second kappa shape index (κ2) is 8.66. The van der Waals surface area contributed by atoms with Crippen LogP contribution in [-0.2, 0) is 17.5 Å². The summed E-state index contributed by atoms with van der Waals surface area (Å²) in [6.45, 7) is 3.55. The number of ether oxygens (including phenoxy) is 1. The average Bonchev–Trinajstić information content (AvgIpc) is 3.13. The monoisotopic (exact) mass is 445 g/mol. The van der Waals surface area contributed by atoms with Crippen LogP contribution in [0.4, 0.5) is 18.9 Å². The number of halogens is 3. The highest BCUT2D eigenvalue weighted by atomic mass is 19.4. The van der Waals surface area contributed by atoms with Crippen LogP contribution in [0.15, 0.2) is 52.9 Å². The highest BCUT2D eigenvalue weighted by molar-refractivity contribution is 5.95. The van der Waals surface area contributed by atoms with E-state index < -0.39 is 11.7 Å². The quantitative estimate of drug-likeness (QED) is 0.578. The van der Waals surface area contributed by atoms with Crippen molar-refractivity contribution in [3.8, 4) is 17.2 Å². The topological polar surface area (TPSA) is 58.8 Å². The Kier molecular flexibility index (Phi) is 5.92. The minimum atomic E-state index is -4.39. The largest absolute Gasteiger partial charge is 0.497 e. The van der Waals surface area contributed by atoms with Crippen molar-refractivity contribution in [3.63, 3.8) is 0 Å². The van der Waals surface area contributed by atoms with Crippen molar-refractivity contribution in [3.05, 3.63) is 65.5 Å². The van der Waals surface area contributed by atoms with E-state index in [0.29, 0.717) is 42.4 Å². The number of amides is 1. The fraction of sp³-hybridized carbons (Fsp3) is 0.304. The number of alkyl halides is 3. The Hall–Kier alpha value is -3.33. The first-order chi connectivity index (χ1) is 15.2. The van der Waals surface area contributed by atoms with E-state index in [1.807, 2.05) is 29.2 Å². The van der Waals surface area contributed by atoms with Gasteiger partial charge in [-0.05, 0) is 43.3 Å². The standard InChI is InChI=1S/C23H22F3N3O3/c1-15-20(27-22(32-15)16-6-8-17(9-7-16)23(24,25)26)13-28-10-11-29(21(30)14-28)18-4-3-5-19(12-18)31-2/h3-9,12H,10-11,13-14H2,1-2H3. The van der Waals surface area contributed by atoms with E-state index in [1.54, 1.807) is 18.9 Å². The smallest absolute Gasteiger partial charge is 0.416 e. The molecule has 4 rings (SSSR count). The van der Waals surface area contributed by atoms with Crippen LogP contribution in [0.3, 0.4) is 0 Å². The molecule has 0 aliphatic carbocycles. The molecule has 1 amide bonds. The minimum absolute atomic E-state index is 0.0337. The van der Waals surface area contributed by atoms with Gasteiger partial charge in [0.25, 0.3) is 0 Å². The number of carbonyl (C=O) groups is 1. The summed E-state index contributed by atoms with van der Waals surface area (Å²) in [6.07, 6.45) is -4.39. The highest BCUT2D eigenvalue weighted by Gasteiger charge is 2.30. The van der Waals surface area contributed by atoms with E-state index in [-0.39, 0.29) is 18.3 Å². The number of aryl methyl sites for hydroxylation is 1. The molecule has 1 aromatic heterocycles. The van der Waals surface area contributed by atoms with Crippen LogP contribution in [0.2, 0.25) is 0 Å². The van der Waals surface area contributed by atoms with Crippen molar-refractivity contribution >= 4 is 11.6 Å². The lowest BCUT2D eigenvalue weighted by Gasteiger charge is -2.34. The summed E-state index contributed by atoms with van der Waals surface area (Å²) in [5, 5.41) is 0. The third-order valence-corrected chi connectivity index (χ3v) is 5.39. The fourth-order valence-electron chi connectivity index (χ4n) is 3.62. The predicted molar refractivity (Wildman–Crippen MR) is 112 cm³/mol. The third kappa shape index (κ3) is 4.62. The van der Waals surface area contributed by atoms with Gasteiger partial charge in [-0.3, -0.25) is 9.69 Å². The van der Waals surface area contributed by atoms with Crippen LogP contribution in [0, 0.1) is 6.92 Å². The first-order valence-electron chi connectivity index (χ1n) is 10.1. The van der Waals surface area contributed by atoms with E-state index in [9.17, 15) is 18.0 Å². The second-order valence-corrected chi connectivity index (χ2v) is 7.55. The zero-order valence-electron chi connectivity index (χ0n) is 17.6. The first kappa shape index (κ1) is 21.9. The summed E-state index contributed by atoms with van der Waals surface area (Å²) in [5.74, 6) is 1.48. The summed E-state index contributed by atoms with van der Waals surface area (Å²) < 4.78 is 49.2. The Morgan fingerprint density at radius 1 is 1.12 bits per heavy atom. The number of oxazole rings is 1. The van der Waals surface area contributed by atoms with Crippen LogP contribution >= 0.6 is 0 Å². The number of methoxy groups -OCH3 is 1. The molecular weight excluding hydrogens is 423 g/mol. The molecule has 32 heavy (non-hydrogen) atoms. The molecule has 0 spiro atoms. The lowest BCUT2D eigenvalue weighted by atomic mass is 10.1. The van der Waals surface area contributed by atoms with Gasteiger partial charge in [-0.2, -0.15) is 13.2 Å². The minimum Gasteiger partial charge on any atom is -0.497 e. The molecule has 2 heterocycles. The predicted octanol–water partition coefficient (Wildman–Crippen LogP) is 4.53. The van der Waals surface area contributed by atoms with Crippen molar-refractivity contribution in [1.29, 1.82) is 0 Å². The van der Waals surface area contributed by atoms with E-state index >= 15 is 0 Å². The Bertz CT molecular complexity index is 1110. The number of aromatic nitrogens is 1. The molecule has 6 nitrogen and oxygen atoms in total. The van der Waals surface area contributed by atoms with Gasteiger partial charge in [-0.25, -0.2) is 4.98 Å². The van der Waals surface area contributed by atoms with Crippen molar-refractivity contribution in [2.24, 2.45) is 0 Å². The zero-order chi connectivity index (χ0) is 22.9. The normalized spacial score (nSPS) is 15.3. The maximum absolute atomic E-state index is 12.8. The first-order valence-corrected chi connectivity index (χ1v) is 10.1. The fourth-order valence-corrected chi connectivity index (χ4v) is 3.62. The van der Waals surface area contributed by atoms with Gasteiger partial charge in [-0.15, -0.1) is 0 Å². The van der Waals surface area contributed by atoms with Gasteiger partial charge >= 0.3 is 6.18 Å². The van der Waals surface area contributed by atoms with Crippen molar-refractivity contribution in [2.75, 3.05) is 31.6 Å². The van der Waals surface area contributed by atoms with Crippen molar-refractivity contribution < 1.29 is 27.1 Å².